The van der Waals surface area contributed by atoms with Crippen LogP contribution in [-0.2, 0) is 0 Å². The van der Waals surface area contributed by atoms with Gasteiger partial charge in [0.25, 0.3) is 5.69 Å². The number of hydrogen-bond donors (Lipinski definition) is 1. The molecule has 0 unspecified atom stereocenters. The van der Waals surface area contributed by atoms with Crippen LogP contribution in [-0.4, -0.2) is 4.92 Å². The largest absolute Gasteiger partial charge is 0.350 e. The van der Waals surface area contributed by atoms with Crippen LogP contribution in [0, 0.1) is 22.9 Å². The fraction of sp³-hybridized carbons (Fsp3) is 0.0769. The number of nitro benzene ring substituents is 1. The van der Waals surface area contributed by atoms with E-state index in [4.69, 9.17) is 0 Å². The van der Waals surface area contributed by atoms with Gasteiger partial charge in [0.05, 0.1) is 4.92 Å². The molecule has 0 radical (unpaired) electrons. The highest BCUT2D eigenvalue weighted by Gasteiger charge is 2.12. The summed E-state index contributed by atoms with van der Waals surface area (Å²) < 4.78 is 13.0. The Hall–Kier alpha value is -2.43. The third-order valence-corrected chi connectivity index (χ3v) is 2.56. The van der Waals surface area contributed by atoms with Crippen LogP contribution in [0.15, 0.2) is 42.5 Å². The first-order valence-corrected chi connectivity index (χ1v) is 5.34. The van der Waals surface area contributed by atoms with Crippen molar-refractivity contribution in [3.05, 3.63) is 64.0 Å². The predicted octanol–water partition coefficient (Wildman–Crippen LogP) is 3.79. The molecule has 2 aromatic rings. The zero-order valence-corrected chi connectivity index (χ0v) is 9.68. The molecule has 0 aliphatic rings. The minimum Gasteiger partial charge on any atom is -0.350 e. The molecule has 18 heavy (non-hydrogen) atoms. The highest BCUT2D eigenvalue weighted by Crippen LogP contribution is 2.28. The molecule has 0 heterocycles. The van der Waals surface area contributed by atoms with Crippen molar-refractivity contribution in [2.24, 2.45) is 0 Å². The molecule has 0 atom stereocenters. The number of rotatable bonds is 3. The minimum atomic E-state index is -0.457. The monoisotopic (exact) mass is 246 g/mol. The van der Waals surface area contributed by atoms with Crippen LogP contribution < -0.4 is 5.32 Å². The van der Waals surface area contributed by atoms with Gasteiger partial charge in [0.15, 0.2) is 0 Å². The number of hydrogen-bond acceptors (Lipinski definition) is 3. The summed E-state index contributed by atoms with van der Waals surface area (Å²) >= 11 is 0. The van der Waals surface area contributed by atoms with Crippen LogP contribution in [0.5, 0.6) is 0 Å². The van der Waals surface area contributed by atoms with Crippen molar-refractivity contribution in [1.29, 1.82) is 0 Å². The number of halogens is 1. The van der Waals surface area contributed by atoms with Gasteiger partial charge in [-0.25, -0.2) is 4.39 Å². The van der Waals surface area contributed by atoms with E-state index in [0.717, 1.165) is 0 Å². The summed E-state index contributed by atoms with van der Waals surface area (Å²) in [5, 5.41) is 13.8. The topological polar surface area (TPSA) is 55.2 Å². The zero-order valence-electron chi connectivity index (χ0n) is 9.68. The molecule has 5 heteroatoms. The molecular weight excluding hydrogens is 235 g/mol. The molecule has 0 aliphatic heterocycles. The van der Waals surface area contributed by atoms with Gasteiger partial charge in [-0.1, -0.05) is 12.1 Å². The Morgan fingerprint density at radius 1 is 1.17 bits per heavy atom. The second-order valence-electron chi connectivity index (χ2n) is 3.86. The summed E-state index contributed by atoms with van der Waals surface area (Å²) in [4.78, 5) is 10.4. The molecule has 1 N–H and O–H groups in total. The number of nitrogens with zero attached hydrogens (tertiary/aromatic N) is 1. The van der Waals surface area contributed by atoms with Crippen LogP contribution >= 0.6 is 0 Å². The molecule has 0 spiro atoms. The van der Waals surface area contributed by atoms with E-state index in [1.807, 2.05) is 0 Å². The number of nitrogens with one attached hydrogen (secondary N) is 1. The van der Waals surface area contributed by atoms with Gasteiger partial charge in [0.2, 0.25) is 0 Å². The number of benzene rings is 2. The Labute approximate surface area is 103 Å². The second-order valence-corrected chi connectivity index (χ2v) is 3.86. The Morgan fingerprint density at radius 3 is 2.56 bits per heavy atom. The molecule has 0 saturated carbocycles. The summed E-state index contributed by atoms with van der Waals surface area (Å²) in [5.74, 6) is -0.333. The summed E-state index contributed by atoms with van der Waals surface area (Å²) in [6.45, 7) is 1.74. The molecule has 92 valence electrons. The van der Waals surface area contributed by atoms with Crippen LogP contribution in [0.3, 0.4) is 0 Å². The Morgan fingerprint density at radius 2 is 1.89 bits per heavy atom. The average Bonchev–Trinajstić information content (AvgIpc) is 2.33. The van der Waals surface area contributed by atoms with Crippen molar-refractivity contribution in [3.63, 3.8) is 0 Å². The molecule has 2 rings (SSSR count). The fourth-order valence-electron chi connectivity index (χ4n) is 1.65. The van der Waals surface area contributed by atoms with E-state index in [9.17, 15) is 14.5 Å². The van der Waals surface area contributed by atoms with Crippen molar-refractivity contribution in [2.75, 3.05) is 5.32 Å². The lowest BCUT2D eigenvalue weighted by Gasteiger charge is -2.09. The number of nitro groups is 1. The van der Waals surface area contributed by atoms with E-state index in [0.29, 0.717) is 16.9 Å². The van der Waals surface area contributed by atoms with Crippen molar-refractivity contribution >= 4 is 17.1 Å². The number of anilines is 2. The van der Waals surface area contributed by atoms with Gasteiger partial charge < -0.3 is 5.32 Å². The first-order chi connectivity index (χ1) is 8.58. The van der Waals surface area contributed by atoms with E-state index in [2.05, 4.69) is 5.32 Å². The lowest BCUT2D eigenvalue weighted by molar-refractivity contribution is -0.383. The molecule has 0 saturated heterocycles. The molecule has 4 nitrogen and oxygen atoms in total. The molecule has 0 amide bonds. The molecule has 0 fully saturated rings. The van der Waals surface area contributed by atoms with Gasteiger partial charge in [0.1, 0.15) is 11.5 Å². The van der Waals surface area contributed by atoms with E-state index in [-0.39, 0.29) is 11.5 Å². The van der Waals surface area contributed by atoms with Crippen LogP contribution in [0.4, 0.5) is 21.5 Å². The van der Waals surface area contributed by atoms with Crippen molar-refractivity contribution in [2.45, 2.75) is 6.92 Å². The van der Waals surface area contributed by atoms with Gasteiger partial charge in [0, 0.05) is 11.8 Å². The Kier molecular flexibility index (Phi) is 3.23. The van der Waals surface area contributed by atoms with Crippen LogP contribution in [0.2, 0.25) is 0 Å². The van der Waals surface area contributed by atoms with Gasteiger partial charge in [-0.05, 0) is 36.8 Å². The summed E-state index contributed by atoms with van der Waals surface area (Å²) in [6.07, 6.45) is 0. The maximum Gasteiger partial charge on any atom is 0.292 e. The van der Waals surface area contributed by atoms with Crippen molar-refractivity contribution in [3.8, 4) is 0 Å². The highest BCUT2D eigenvalue weighted by atomic mass is 19.1. The normalized spacial score (nSPS) is 10.1. The minimum absolute atomic E-state index is 0.0128. The fourth-order valence-corrected chi connectivity index (χ4v) is 1.65. The maximum atomic E-state index is 13.0. The first-order valence-electron chi connectivity index (χ1n) is 5.34. The van der Waals surface area contributed by atoms with E-state index in [1.54, 1.807) is 31.2 Å². The maximum absolute atomic E-state index is 13.0. The third kappa shape index (κ3) is 2.45. The van der Waals surface area contributed by atoms with Crippen molar-refractivity contribution in [1.82, 2.24) is 0 Å². The van der Waals surface area contributed by atoms with E-state index < -0.39 is 4.92 Å². The van der Waals surface area contributed by atoms with Gasteiger partial charge in [-0.3, -0.25) is 10.1 Å². The highest BCUT2D eigenvalue weighted by molar-refractivity contribution is 5.70. The number of aryl methyl sites for hydroxylation is 1. The van der Waals surface area contributed by atoms with Crippen LogP contribution in [0.25, 0.3) is 0 Å². The SMILES string of the molecule is Cc1cc(F)ccc1Nc1ccccc1[N+](=O)[O-]. The van der Waals surface area contributed by atoms with E-state index >= 15 is 0 Å². The summed E-state index contributed by atoms with van der Waals surface area (Å²) in [6, 6.07) is 10.6. The molecule has 2 aromatic carbocycles. The third-order valence-electron chi connectivity index (χ3n) is 2.56. The number of para-hydroxylation sites is 2. The average molecular weight is 246 g/mol. The standard InChI is InChI=1S/C13H11FN2O2/c1-9-8-10(14)6-7-11(9)15-12-4-2-3-5-13(12)16(17)18/h2-8,15H,1H3. The van der Waals surface area contributed by atoms with E-state index in [1.165, 1.54) is 18.2 Å². The zero-order chi connectivity index (χ0) is 13.1. The molecular formula is C13H11FN2O2. The Balaban J connectivity index is 2.37. The first kappa shape index (κ1) is 12.0. The Bertz CT molecular complexity index is 599. The lowest BCUT2D eigenvalue weighted by Crippen LogP contribution is -1.98. The van der Waals surface area contributed by atoms with Crippen LogP contribution in [0.1, 0.15) is 5.56 Å². The van der Waals surface area contributed by atoms with Gasteiger partial charge in [-0.2, -0.15) is 0 Å². The molecule has 0 aliphatic carbocycles. The smallest absolute Gasteiger partial charge is 0.292 e. The van der Waals surface area contributed by atoms with Gasteiger partial charge in [-0.15, -0.1) is 0 Å². The summed E-state index contributed by atoms with van der Waals surface area (Å²) in [5.41, 5.74) is 1.71. The van der Waals surface area contributed by atoms with Gasteiger partial charge >= 0.3 is 0 Å². The lowest BCUT2D eigenvalue weighted by atomic mass is 10.2. The quantitative estimate of drug-likeness (QED) is 0.662. The molecule has 0 aromatic heterocycles. The molecule has 0 bridgehead atoms. The predicted molar refractivity (Wildman–Crippen MR) is 67.5 cm³/mol. The van der Waals surface area contributed by atoms with Crippen molar-refractivity contribution < 1.29 is 9.31 Å². The second kappa shape index (κ2) is 4.83. The summed E-state index contributed by atoms with van der Waals surface area (Å²) in [7, 11) is 0.